The maximum absolute atomic E-state index is 7.29. The maximum Gasteiger partial charge on any atom is 0.186 e. The summed E-state index contributed by atoms with van der Waals surface area (Å²) >= 11 is 0. The van der Waals surface area contributed by atoms with Crippen LogP contribution in [0.25, 0.3) is 66.8 Å². The molecule has 0 radical (unpaired) electrons. The van der Waals surface area contributed by atoms with Gasteiger partial charge in [-0.15, -0.1) is 0 Å². The van der Waals surface area contributed by atoms with Crippen LogP contribution in [0, 0.1) is 0 Å². The Morgan fingerprint density at radius 3 is 0.968 bits per heavy atom. The molecule has 0 fully saturated rings. The minimum Gasteiger partial charge on any atom is -0.472 e. The van der Waals surface area contributed by atoms with Crippen LogP contribution < -0.4 is 9.64 Å². The predicted molar refractivity (Wildman–Crippen MR) is 261 cm³/mol. The Kier molecular flexibility index (Phi) is 8.76. The lowest BCUT2D eigenvalue weighted by Crippen LogP contribution is -2.36. The fourth-order valence-corrected chi connectivity index (χ4v) is 9.82. The van der Waals surface area contributed by atoms with E-state index in [0.29, 0.717) is 0 Å². The van der Waals surface area contributed by atoms with Crippen molar-refractivity contribution in [2.75, 3.05) is 4.90 Å². The minimum atomic E-state index is -0.714. The Morgan fingerprint density at radius 1 is 0.254 bits per heavy atom. The van der Waals surface area contributed by atoms with E-state index in [0.717, 1.165) is 39.5 Å². The highest BCUT2D eigenvalue weighted by molar-refractivity contribution is 5.90. The summed E-state index contributed by atoms with van der Waals surface area (Å²) < 4.78 is 7.29. The molecule has 0 saturated heterocycles. The Hall–Kier alpha value is -8.20. The van der Waals surface area contributed by atoms with E-state index in [2.05, 4.69) is 254 Å². The van der Waals surface area contributed by atoms with Gasteiger partial charge < -0.3 is 9.64 Å². The Morgan fingerprint density at radius 2 is 0.556 bits per heavy atom. The summed E-state index contributed by atoms with van der Waals surface area (Å²) in [5.41, 5.74) is 20.4. The van der Waals surface area contributed by atoms with Crippen molar-refractivity contribution < 1.29 is 4.74 Å². The van der Waals surface area contributed by atoms with Gasteiger partial charge in [-0.2, -0.15) is 0 Å². The van der Waals surface area contributed by atoms with Crippen LogP contribution in [0.2, 0.25) is 0 Å². The lowest BCUT2D eigenvalue weighted by Gasteiger charge is -2.39. The molecule has 12 rings (SSSR count). The smallest absolute Gasteiger partial charge is 0.186 e. The third-order valence-electron chi connectivity index (χ3n) is 12.9. The number of benzene rings is 10. The first-order chi connectivity index (χ1) is 31.2. The fraction of sp³-hybridized carbons (Fsp3) is 0.0164. The number of rotatable bonds is 7. The molecule has 1 spiro atoms. The molecule has 2 heteroatoms. The Balaban J connectivity index is 0.890. The zero-order valence-electron chi connectivity index (χ0n) is 34.5. The molecule has 1 heterocycles. The van der Waals surface area contributed by atoms with Crippen LogP contribution in [0.1, 0.15) is 16.7 Å². The van der Waals surface area contributed by atoms with Gasteiger partial charge in [0.05, 0.1) is 0 Å². The normalized spacial score (nSPS) is 12.7. The number of nitrogens with zero attached hydrogens (tertiary/aromatic N) is 1. The molecule has 2 aliphatic rings. The molecule has 0 amide bonds. The van der Waals surface area contributed by atoms with E-state index in [4.69, 9.17) is 4.74 Å². The molecule has 63 heavy (non-hydrogen) atoms. The molecule has 2 nitrogen and oxygen atoms in total. The average molecular weight is 804 g/mol. The van der Waals surface area contributed by atoms with Crippen molar-refractivity contribution in [2.24, 2.45) is 0 Å². The fourth-order valence-electron chi connectivity index (χ4n) is 9.82. The summed E-state index contributed by atoms with van der Waals surface area (Å²) in [6.07, 6.45) is 0. The molecule has 0 N–H and O–H groups in total. The second-order valence-electron chi connectivity index (χ2n) is 16.4. The number of fused-ring (bicyclic) bond motifs is 9. The van der Waals surface area contributed by atoms with Gasteiger partial charge in [-0.3, -0.25) is 0 Å². The number of hydrogen-bond acceptors (Lipinski definition) is 2. The second-order valence-corrected chi connectivity index (χ2v) is 16.4. The molecule has 0 aromatic heterocycles. The minimum absolute atomic E-state index is 0.714. The topological polar surface area (TPSA) is 12.5 Å². The van der Waals surface area contributed by atoms with Gasteiger partial charge in [0.1, 0.15) is 5.75 Å². The van der Waals surface area contributed by atoms with E-state index in [9.17, 15) is 0 Å². The molecule has 296 valence electrons. The molecule has 10 aromatic carbocycles. The van der Waals surface area contributed by atoms with E-state index in [1.165, 1.54) is 66.8 Å². The van der Waals surface area contributed by atoms with Crippen molar-refractivity contribution in [1.29, 1.82) is 0 Å². The summed E-state index contributed by atoms with van der Waals surface area (Å²) in [5.74, 6) is 0.890. The Bertz CT molecular complexity index is 3220. The van der Waals surface area contributed by atoms with Crippen molar-refractivity contribution >= 4 is 17.1 Å². The van der Waals surface area contributed by atoms with Gasteiger partial charge in [-0.25, -0.2) is 0 Å². The van der Waals surface area contributed by atoms with E-state index in [1.807, 2.05) is 0 Å². The molecule has 10 aromatic rings. The molecular formula is C61H41NO. The van der Waals surface area contributed by atoms with Gasteiger partial charge in [0.2, 0.25) is 0 Å². The van der Waals surface area contributed by atoms with Gasteiger partial charge in [0.25, 0.3) is 0 Å². The number of hydrogen-bond donors (Lipinski definition) is 0. The lowest BCUT2D eigenvalue weighted by atomic mass is 9.77. The van der Waals surface area contributed by atoms with Crippen LogP contribution in [0.15, 0.2) is 249 Å². The average Bonchev–Trinajstić information content (AvgIpc) is 3.64. The monoisotopic (exact) mass is 803 g/mol. The molecular weight excluding hydrogens is 763 g/mol. The van der Waals surface area contributed by atoms with Gasteiger partial charge >= 0.3 is 0 Å². The van der Waals surface area contributed by atoms with E-state index >= 15 is 0 Å². The highest BCUT2D eigenvalue weighted by Crippen LogP contribution is 2.58. The van der Waals surface area contributed by atoms with Crippen molar-refractivity contribution in [1.82, 2.24) is 0 Å². The maximum atomic E-state index is 7.29. The first-order valence-corrected chi connectivity index (χ1v) is 21.7. The zero-order chi connectivity index (χ0) is 41.7. The summed E-state index contributed by atoms with van der Waals surface area (Å²) in [6, 6.07) is 89.5. The van der Waals surface area contributed by atoms with Gasteiger partial charge in [0.15, 0.2) is 5.60 Å². The quantitative estimate of drug-likeness (QED) is 0.159. The van der Waals surface area contributed by atoms with E-state index < -0.39 is 5.60 Å². The molecule has 0 atom stereocenters. The van der Waals surface area contributed by atoms with Crippen LogP contribution in [-0.2, 0) is 5.60 Å². The predicted octanol–water partition coefficient (Wildman–Crippen LogP) is 16.2. The molecule has 1 aliphatic carbocycles. The SMILES string of the molecule is c1ccc(-c2ccc(-c3ccc(N(c4ccc(-c5ccccc5)cc4)c4ccc(-c5ccc6c(c5)-c5ccccc5C5(O6)c6ccccc6-c6ccccc65)cc4)cc3)cc2)cc1. The summed E-state index contributed by atoms with van der Waals surface area (Å²) in [7, 11) is 0. The molecule has 1 aliphatic heterocycles. The Labute approximate surface area is 368 Å². The molecule has 0 saturated carbocycles. The summed E-state index contributed by atoms with van der Waals surface area (Å²) in [5, 5.41) is 0. The molecule has 0 bridgehead atoms. The van der Waals surface area contributed by atoms with Crippen LogP contribution in [0.3, 0.4) is 0 Å². The molecule has 0 unspecified atom stereocenters. The number of anilines is 3. The van der Waals surface area contributed by atoms with Crippen LogP contribution >= 0.6 is 0 Å². The van der Waals surface area contributed by atoms with Crippen molar-refractivity contribution in [3.8, 4) is 72.5 Å². The lowest BCUT2D eigenvalue weighted by molar-refractivity contribution is 0.157. The zero-order valence-corrected chi connectivity index (χ0v) is 34.5. The summed E-state index contributed by atoms with van der Waals surface area (Å²) in [6.45, 7) is 0. The highest BCUT2D eigenvalue weighted by atomic mass is 16.5. The summed E-state index contributed by atoms with van der Waals surface area (Å²) in [4.78, 5) is 2.34. The standard InChI is InChI=1S/C61H41NO/c1-3-13-42(14-4-1)44-23-25-45(26-24-44)47-29-36-51(37-30-47)62(50-34-27-46(28-35-50)43-15-5-2-6-16-43)52-38-31-48(32-39-52)49-33-40-60-56(41-49)55-19-9-12-22-59(55)61(63-60)57-20-10-7-17-53(57)54-18-8-11-21-58(54)61/h1-41H. The number of ether oxygens (including phenoxy) is 1. The van der Waals surface area contributed by atoms with Gasteiger partial charge in [-0.1, -0.05) is 200 Å². The third-order valence-corrected chi connectivity index (χ3v) is 12.9. The first-order valence-electron chi connectivity index (χ1n) is 21.7. The van der Waals surface area contributed by atoms with Crippen molar-refractivity contribution in [2.45, 2.75) is 5.60 Å². The van der Waals surface area contributed by atoms with Crippen molar-refractivity contribution in [3.05, 3.63) is 265 Å². The van der Waals surface area contributed by atoms with Crippen LogP contribution in [-0.4, -0.2) is 0 Å². The van der Waals surface area contributed by atoms with Crippen LogP contribution in [0.5, 0.6) is 5.75 Å². The van der Waals surface area contributed by atoms with Crippen LogP contribution in [0.4, 0.5) is 17.1 Å². The van der Waals surface area contributed by atoms with Gasteiger partial charge in [0, 0.05) is 39.3 Å². The second kappa shape index (κ2) is 15.1. The largest absolute Gasteiger partial charge is 0.472 e. The highest BCUT2D eigenvalue weighted by Gasteiger charge is 2.50. The van der Waals surface area contributed by atoms with E-state index in [-0.39, 0.29) is 0 Å². The third kappa shape index (κ3) is 6.18. The van der Waals surface area contributed by atoms with E-state index in [1.54, 1.807) is 0 Å². The first kappa shape index (κ1) is 36.6. The van der Waals surface area contributed by atoms with Crippen molar-refractivity contribution in [3.63, 3.8) is 0 Å². The van der Waals surface area contributed by atoms with Gasteiger partial charge in [-0.05, 0) is 110 Å².